The molecule has 0 aliphatic heterocycles. The van der Waals surface area contributed by atoms with Crippen molar-refractivity contribution in [2.24, 2.45) is 0 Å². The quantitative estimate of drug-likeness (QED) is 0.0734. The number of rotatable bonds is 11. The summed E-state index contributed by atoms with van der Waals surface area (Å²) in [6, 6.07) is 24.8. The largest absolute Gasteiger partial charge is 0.462 e. The first-order chi connectivity index (χ1) is 30.0. The number of esters is 1. The first-order valence-electron chi connectivity index (χ1n) is 19.0. The van der Waals surface area contributed by atoms with E-state index in [1.807, 2.05) is 26.0 Å². The highest BCUT2D eigenvalue weighted by molar-refractivity contribution is 6.62. The molecule has 63 heavy (non-hydrogen) atoms. The number of hydrogen-bond acceptors (Lipinski definition) is 12. The van der Waals surface area contributed by atoms with Gasteiger partial charge in [0.05, 0.1) is 64.4 Å². The molecule has 14 nitrogen and oxygen atoms in total. The van der Waals surface area contributed by atoms with Gasteiger partial charge in [-0.15, -0.1) is 20.4 Å². The molecule has 17 heteroatoms. The van der Waals surface area contributed by atoms with Crippen LogP contribution in [-0.2, 0) is 27.2 Å². The number of hydrogen-bond donors (Lipinski definition) is 1. The highest BCUT2D eigenvalue weighted by Crippen LogP contribution is 2.36. The summed E-state index contributed by atoms with van der Waals surface area (Å²) in [6.07, 6.45) is -0.400. The van der Waals surface area contributed by atoms with Crippen molar-refractivity contribution in [3.05, 3.63) is 151 Å². The van der Waals surface area contributed by atoms with Gasteiger partial charge in [-0.3, -0.25) is 9.59 Å². The number of halogens is 3. The van der Waals surface area contributed by atoms with Crippen LogP contribution < -0.4 is 0 Å². The van der Waals surface area contributed by atoms with Crippen LogP contribution in [0.5, 0.6) is 0 Å². The Morgan fingerprint density at radius 2 is 1.10 bits per heavy atom. The number of aliphatic hydroxyl groups excluding tert-OH is 1. The first-order valence-corrected chi connectivity index (χ1v) is 20.1. The second-order valence-corrected chi connectivity index (χ2v) is 15.3. The van der Waals surface area contributed by atoms with Gasteiger partial charge in [0.25, 0.3) is 0 Å². The fraction of sp³-hybridized carbons (Fsp3) is 0.261. The average molecular weight is 906 g/mol. The number of carbonyl (C=O) groups is 2. The summed E-state index contributed by atoms with van der Waals surface area (Å²) in [7, 11) is 0. The van der Waals surface area contributed by atoms with E-state index >= 15 is 0 Å². The lowest BCUT2D eigenvalue weighted by Crippen LogP contribution is -2.24. The molecule has 4 aromatic carbocycles. The zero-order valence-electron chi connectivity index (χ0n) is 34.9. The summed E-state index contributed by atoms with van der Waals surface area (Å²) in [5.74, 6) is 0.00520. The summed E-state index contributed by atoms with van der Waals surface area (Å²) in [5.41, 5.74) is 6.60. The van der Waals surface area contributed by atoms with Gasteiger partial charge in [-0.25, -0.2) is 9.69 Å². The molecule has 0 aliphatic carbocycles. The lowest BCUT2D eigenvalue weighted by molar-refractivity contribution is -0.146. The Bertz CT molecular complexity index is 2740. The second-order valence-electron chi connectivity index (χ2n) is 14.0. The van der Waals surface area contributed by atoms with E-state index in [9.17, 15) is 14.7 Å². The molecule has 0 saturated carbocycles. The van der Waals surface area contributed by atoms with Crippen LogP contribution in [0.1, 0.15) is 84.7 Å². The van der Waals surface area contributed by atoms with Gasteiger partial charge in [0, 0.05) is 25.0 Å². The molecule has 0 aliphatic rings. The summed E-state index contributed by atoms with van der Waals surface area (Å²) >= 11 is 17.2. The van der Waals surface area contributed by atoms with Crippen molar-refractivity contribution in [2.75, 3.05) is 0 Å². The van der Waals surface area contributed by atoms with Gasteiger partial charge in [0.15, 0.2) is 0 Å². The monoisotopic (exact) mass is 904 g/mol. The molecule has 0 amide bonds. The van der Waals surface area contributed by atoms with E-state index in [0.717, 1.165) is 22.3 Å². The van der Waals surface area contributed by atoms with Crippen molar-refractivity contribution in [3.8, 4) is 35.0 Å². The third kappa shape index (κ3) is 13.0. The van der Waals surface area contributed by atoms with E-state index in [1.54, 1.807) is 74.5 Å². The van der Waals surface area contributed by atoms with E-state index in [-0.39, 0.29) is 5.24 Å². The summed E-state index contributed by atoms with van der Waals surface area (Å²) in [6.45, 7) is 24.1. The standard InChI is InChI=1S/C23H19ClN4O3.C21H17ClN4O2.C2H3ClO/c1-13-18(9-10-20(26-4)21(13)24)11-19(14(2)30-15(3)29)23-28-27-22(31-23)17-7-5-16(12-25)6-8-17;1-12-16(8-9-18(24-3)19(12)22)10-17(13(2)27)21-26-25-20(28-21)15-6-4-14(11-23)5-7-15;1-2(3)4/h5-10,14,19H,11H2,1-3H3;4-9,13,17,27H,10H2,1-2H3;1H3/t14-,19+;13-,17+;/m00./s1. The van der Waals surface area contributed by atoms with Crippen LogP contribution in [0.2, 0.25) is 10.0 Å². The number of benzene rings is 4. The van der Waals surface area contributed by atoms with Crippen LogP contribution in [0.3, 0.4) is 0 Å². The molecule has 1 N–H and O–H groups in total. The Balaban J connectivity index is 0.000000256. The lowest BCUT2D eigenvalue weighted by atomic mass is 9.92. The normalized spacial score (nSPS) is 12.2. The molecule has 0 saturated heterocycles. The van der Waals surface area contributed by atoms with Crippen molar-refractivity contribution in [3.63, 3.8) is 0 Å². The van der Waals surface area contributed by atoms with Crippen LogP contribution >= 0.6 is 34.8 Å². The smallest absolute Gasteiger partial charge is 0.302 e. The molecule has 0 unspecified atom stereocenters. The van der Waals surface area contributed by atoms with Gasteiger partial charge >= 0.3 is 5.97 Å². The van der Waals surface area contributed by atoms with Gasteiger partial charge in [-0.05, 0) is 123 Å². The van der Waals surface area contributed by atoms with E-state index < -0.39 is 30.0 Å². The number of nitrogens with zero attached hydrogens (tertiary/aromatic N) is 8. The second kappa shape index (κ2) is 22.8. The number of aliphatic hydroxyl groups is 1. The van der Waals surface area contributed by atoms with Crippen molar-refractivity contribution in [1.82, 2.24) is 20.4 Å². The number of carbonyl (C=O) groups excluding carboxylic acids is 2. The minimum absolute atomic E-state index is 0.303. The Labute approximate surface area is 379 Å². The average Bonchev–Trinajstić information content (AvgIpc) is 3.96. The van der Waals surface area contributed by atoms with Crippen LogP contribution in [0.25, 0.3) is 32.6 Å². The SMILES string of the molecule is CC(=O)Cl.[C-]#[N+]c1ccc(C[C@@H](c2nnc(-c3ccc(C#N)cc3)o2)[C@H](C)O)c(C)c1Cl.[C-]#[N+]c1ccc(C[C@@H](c2nnc(-c3ccc(C#N)cc3)o2)[C@H](C)OC(C)=O)c(C)c1Cl. The van der Waals surface area contributed by atoms with Crippen LogP contribution in [0.4, 0.5) is 11.4 Å². The minimum atomic E-state index is -0.729. The highest BCUT2D eigenvalue weighted by Gasteiger charge is 2.30. The van der Waals surface area contributed by atoms with Crippen LogP contribution in [0.15, 0.2) is 81.6 Å². The zero-order chi connectivity index (χ0) is 46.4. The molecular weight excluding hydrogens is 867 g/mol. The molecule has 0 spiro atoms. The maximum atomic E-state index is 11.6. The molecule has 2 aromatic heterocycles. The van der Waals surface area contributed by atoms with Crippen LogP contribution in [0, 0.1) is 49.7 Å². The van der Waals surface area contributed by atoms with E-state index in [0.29, 0.717) is 80.1 Å². The minimum Gasteiger partial charge on any atom is -0.462 e. The van der Waals surface area contributed by atoms with E-state index in [4.69, 9.17) is 60.4 Å². The molecule has 0 radical (unpaired) electrons. The molecular formula is C46H39Cl3N8O6. The molecule has 0 bridgehead atoms. The van der Waals surface area contributed by atoms with Crippen molar-refractivity contribution in [1.29, 1.82) is 10.5 Å². The molecule has 2 heterocycles. The van der Waals surface area contributed by atoms with Gasteiger partial charge in [-0.1, -0.05) is 47.5 Å². The number of aromatic nitrogens is 4. The van der Waals surface area contributed by atoms with Crippen molar-refractivity contribution in [2.45, 2.75) is 78.4 Å². The van der Waals surface area contributed by atoms with Gasteiger partial charge in [0.1, 0.15) is 6.10 Å². The number of ether oxygens (including phenoxy) is 1. The molecule has 4 atom stereocenters. The van der Waals surface area contributed by atoms with Gasteiger partial charge < -0.3 is 18.7 Å². The molecule has 6 aromatic rings. The maximum absolute atomic E-state index is 11.6. The van der Waals surface area contributed by atoms with Crippen LogP contribution in [-0.4, -0.2) is 48.9 Å². The Kier molecular flexibility index (Phi) is 17.6. The Morgan fingerprint density at radius 3 is 1.44 bits per heavy atom. The summed E-state index contributed by atoms with van der Waals surface area (Å²) in [5, 5.41) is 45.1. The van der Waals surface area contributed by atoms with E-state index in [1.165, 1.54) is 13.8 Å². The fourth-order valence-electron chi connectivity index (χ4n) is 6.15. The Morgan fingerprint density at radius 1 is 0.714 bits per heavy atom. The highest BCUT2D eigenvalue weighted by atomic mass is 35.5. The first kappa shape index (κ1) is 48.8. The lowest BCUT2D eigenvalue weighted by Gasteiger charge is -2.22. The fourth-order valence-corrected chi connectivity index (χ4v) is 6.60. The molecule has 0 fully saturated rings. The summed E-state index contributed by atoms with van der Waals surface area (Å²) in [4.78, 5) is 27.6. The predicted molar refractivity (Wildman–Crippen MR) is 236 cm³/mol. The van der Waals surface area contributed by atoms with Crippen molar-refractivity contribution >= 4 is 57.4 Å². The Hall–Kier alpha value is -6.91. The zero-order valence-corrected chi connectivity index (χ0v) is 37.1. The molecule has 320 valence electrons. The third-order valence-electron chi connectivity index (χ3n) is 9.62. The predicted octanol–water partition coefficient (Wildman–Crippen LogP) is 11.0. The summed E-state index contributed by atoms with van der Waals surface area (Å²) < 4.78 is 17.1. The van der Waals surface area contributed by atoms with Gasteiger partial charge in [0.2, 0.25) is 40.2 Å². The number of nitriles is 2. The molecule has 6 rings (SSSR count). The van der Waals surface area contributed by atoms with Gasteiger partial charge in [-0.2, -0.15) is 10.5 Å². The third-order valence-corrected chi connectivity index (χ3v) is 10.6. The van der Waals surface area contributed by atoms with Crippen molar-refractivity contribution < 1.29 is 28.3 Å². The maximum Gasteiger partial charge on any atom is 0.302 e. The van der Waals surface area contributed by atoms with E-state index in [2.05, 4.69) is 53.8 Å². The topological polar surface area (TPSA) is 198 Å².